The summed E-state index contributed by atoms with van der Waals surface area (Å²) in [4.78, 5) is 4.25. The van der Waals surface area contributed by atoms with Crippen molar-refractivity contribution in [1.29, 1.82) is 0 Å². The zero-order valence-corrected chi connectivity index (χ0v) is 12.5. The van der Waals surface area contributed by atoms with Crippen molar-refractivity contribution in [2.24, 2.45) is 0 Å². The third kappa shape index (κ3) is 2.23. The van der Waals surface area contributed by atoms with Gasteiger partial charge in [0.1, 0.15) is 5.75 Å². The lowest BCUT2D eigenvalue weighted by atomic mass is 10.1. The molecule has 20 heavy (non-hydrogen) atoms. The van der Waals surface area contributed by atoms with Gasteiger partial charge in [0.2, 0.25) is 5.88 Å². The van der Waals surface area contributed by atoms with Gasteiger partial charge >= 0.3 is 0 Å². The average Bonchev–Trinajstić information content (AvgIpc) is 2.48. The number of nitrogen functional groups attached to an aromatic ring is 1. The largest absolute Gasteiger partial charge is 0.437 e. The number of hydrogen-bond donors (Lipinski definition) is 1. The van der Waals surface area contributed by atoms with Gasteiger partial charge in [0.05, 0.1) is 16.4 Å². The van der Waals surface area contributed by atoms with Crippen molar-refractivity contribution in [2.75, 3.05) is 5.73 Å². The Morgan fingerprint density at radius 3 is 2.70 bits per heavy atom. The molecule has 1 heterocycles. The van der Waals surface area contributed by atoms with Gasteiger partial charge in [-0.3, -0.25) is 0 Å². The highest BCUT2D eigenvalue weighted by atomic mass is 79.9. The predicted octanol–water partition coefficient (Wildman–Crippen LogP) is 4.68. The van der Waals surface area contributed by atoms with Crippen molar-refractivity contribution in [3.8, 4) is 11.6 Å². The molecule has 0 atom stereocenters. The standard InChI is InChI=1S/C16H13BrN2O/c1-10-13(18)9-19-16(15(10)17)20-14-8-4-6-11-5-2-3-7-12(11)14/h2-9H,18H2,1H3. The van der Waals surface area contributed by atoms with Gasteiger partial charge in [0.15, 0.2) is 0 Å². The molecular weight excluding hydrogens is 316 g/mol. The molecule has 0 saturated heterocycles. The second-order valence-corrected chi connectivity index (χ2v) is 5.33. The van der Waals surface area contributed by atoms with Crippen LogP contribution in [0, 0.1) is 6.92 Å². The second kappa shape index (κ2) is 5.13. The molecule has 0 saturated carbocycles. The van der Waals surface area contributed by atoms with Gasteiger partial charge in [-0.1, -0.05) is 36.4 Å². The number of benzene rings is 2. The molecule has 1 aromatic heterocycles. The van der Waals surface area contributed by atoms with Crippen molar-refractivity contribution >= 4 is 32.4 Å². The fraction of sp³-hybridized carbons (Fsp3) is 0.0625. The summed E-state index contributed by atoms with van der Waals surface area (Å²) in [5, 5.41) is 2.19. The zero-order valence-electron chi connectivity index (χ0n) is 10.9. The molecule has 3 rings (SSSR count). The summed E-state index contributed by atoms with van der Waals surface area (Å²) in [5.74, 6) is 1.30. The van der Waals surface area contributed by atoms with E-state index in [0.717, 1.165) is 26.6 Å². The molecule has 2 aromatic carbocycles. The smallest absolute Gasteiger partial charge is 0.234 e. The Hall–Kier alpha value is -2.07. The topological polar surface area (TPSA) is 48.1 Å². The van der Waals surface area contributed by atoms with Gasteiger partial charge in [0.25, 0.3) is 0 Å². The summed E-state index contributed by atoms with van der Waals surface area (Å²) in [5.41, 5.74) is 7.39. The maximum absolute atomic E-state index is 5.94. The van der Waals surface area contributed by atoms with E-state index in [-0.39, 0.29) is 0 Å². The summed E-state index contributed by atoms with van der Waals surface area (Å²) >= 11 is 3.49. The number of nitrogens with zero attached hydrogens (tertiary/aromatic N) is 1. The fourth-order valence-corrected chi connectivity index (χ4v) is 2.44. The maximum Gasteiger partial charge on any atom is 0.234 e. The van der Waals surface area contributed by atoms with Crippen molar-refractivity contribution in [2.45, 2.75) is 6.92 Å². The minimum Gasteiger partial charge on any atom is -0.437 e. The minimum atomic E-state index is 0.521. The van der Waals surface area contributed by atoms with Crippen LogP contribution in [0.4, 0.5) is 5.69 Å². The summed E-state index contributed by atoms with van der Waals surface area (Å²) in [6.07, 6.45) is 1.61. The zero-order chi connectivity index (χ0) is 14.1. The van der Waals surface area contributed by atoms with Gasteiger partial charge in [0, 0.05) is 5.39 Å². The van der Waals surface area contributed by atoms with Crippen molar-refractivity contribution < 1.29 is 4.74 Å². The highest BCUT2D eigenvalue weighted by Crippen LogP contribution is 2.35. The van der Waals surface area contributed by atoms with Crippen LogP contribution >= 0.6 is 15.9 Å². The number of nitrogens with two attached hydrogens (primary N) is 1. The van der Waals surface area contributed by atoms with E-state index in [1.165, 1.54) is 0 Å². The van der Waals surface area contributed by atoms with Crippen LogP contribution < -0.4 is 10.5 Å². The molecule has 0 aliphatic heterocycles. The monoisotopic (exact) mass is 328 g/mol. The number of halogens is 1. The molecule has 100 valence electrons. The van der Waals surface area contributed by atoms with Crippen LogP contribution in [0.5, 0.6) is 11.6 Å². The third-order valence-corrected chi connectivity index (χ3v) is 4.16. The van der Waals surface area contributed by atoms with E-state index in [1.807, 2.05) is 37.3 Å². The molecule has 2 N–H and O–H groups in total. The summed E-state index contributed by atoms with van der Waals surface area (Å²) in [7, 11) is 0. The van der Waals surface area contributed by atoms with E-state index >= 15 is 0 Å². The van der Waals surface area contributed by atoms with Gasteiger partial charge < -0.3 is 10.5 Å². The normalized spacial score (nSPS) is 10.7. The Morgan fingerprint density at radius 1 is 1.10 bits per heavy atom. The number of rotatable bonds is 2. The Kier molecular flexibility index (Phi) is 3.32. The lowest BCUT2D eigenvalue weighted by molar-refractivity contribution is 0.464. The van der Waals surface area contributed by atoms with Crippen LogP contribution in [0.1, 0.15) is 5.56 Å². The first-order valence-electron chi connectivity index (χ1n) is 6.23. The van der Waals surface area contributed by atoms with Crippen LogP contribution in [0.25, 0.3) is 10.8 Å². The molecule has 0 amide bonds. The molecular formula is C16H13BrN2O. The molecule has 0 aliphatic rings. The van der Waals surface area contributed by atoms with Crippen LogP contribution in [0.3, 0.4) is 0 Å². The van der Waals surface area contributed by atoms with Gasteiger partial charge in [-0.25, -0.2) is 4.98 Å². The summed E-state index contributed by atoms with van der Waals surface area (Å²) < 4.78 is 6.73. The quantitative estimate of drug-likeness (QED) is 0.742. The minimum absolute atomic E-state index is 0.521. The Morgan fingerprint density at radius 2 is 1.85 bits per heavy atom. The SMILES string of the molecule is Cc1c(N)cnc(Oc2cccc3ccccc23)c1Br. The predicted molar refractivity (Wildman–Crippen MR) is 85.1 cm³/mol. The number of anilines is 1. The molecule has 0 aliphatic carbocycles. The molecule has 0 fully saturated rings. The van der Waals surface area contributed by atoms with Gasteiger partial charge in [-0.2, -0.15) is 0 Å². The molecule has 0 bridgehead atoms. The second-order valence-electron chi connectivity index (χ2n) is 4.54. The van der Waals surface area contributed by atoms with Gasteiger partial charge in [-0.05, 0) is 39.9 Å². The number of hydrogen-bond acceptors (Lipinski definition) is 3. The van der Waals surface area contributed by atoms with E-state index in [1.54, 1.807) is 6.20 Å². The van der Waals surface area contributed by atoms with E-state index in [4.69, 9.17) is 10.5 Å². The summed E-state index contributed by atoms with van der Waals surface area (Å²) in [6, 6.07) is 14.0. The number of pyridine rings is 1. The van der Waals surface area contributed by atoms with E-state index in [9.17, 15) is 0 Å². The maximum atomic E-state index is 5.94. The van der Waals surface area contributed by atoms with Crippen LogP contribution in [0.2, 0.25) is 0 Å². The number of aromatic nitrogens is 1. The number of ether oxygens (including phenoxy) is 1. The van der Waals surface area contributed by atoms with Crippen molar-refractivity contribution in [1.82, 2.24) is 4.98 Å². The summed E-state index contributed by atoms with van der Waals surface area (Å²) in [6.45, 7) is 1.93. The van der Waals surface area contributed by atoms with E-state index in [2.05, 4.69) is 33.0 Å². The molecule has 3 aromatic rings. The van der Waals surface area contributed by atoms with Crippen LogP contribution in [-0.4, -0.2) is 4.98 Å². The molecule has 0 radical (unpaired) electrons. The molecule has 3 nitrogen and oxygen atoms in total. The fourth-order valence-electron chi connectivity index (χ4n) is 2.03. The van der Waals surface area contributed by atoms with Crippen molar-refractivity contribution in [3.05, 3.63) is 58.7 Å². The Bertz CT molecular complexity index is 781. The Balaban J connectivity index is 2.08. The highest BCUT2D eigenvalue weighted by molar-refractivity contribution is 9.10. The van der Waals surface area contributed by atoms with E-state index in [0.29, 0.717) is 11.6 Å². The molecule has 0 spiro atoms. The molecule has 0 unspecified atom stereocenters. The van der Waals surface area contributed by atoms with Gasteiger partial charge in [-0.15, -0.1) is 0 Å². The number of fused-ring (bicyclic) bond motifs is 1. The lowest BCUT2D eigenvalue weighted by Crippen LogP contribution is -1.96. The van der Waals surface area contributed by atoms with Crippen LogP contribution in [0.15, 0.2) is 53.1 Å². The molecule has 4 heteroatoms. The highest BCUT2D eigenvalue weighted by Gasteiger charge is 2.11. The average molecular weight is 329 g/mol. The first kappa shape index (κ1) is 12.9. The van der Waals surface area contributed by atoms with Crippen molar-refractivity contribution in [3.63, 3.8) is 0 Å². The van der Waals surface area contributed by atoms with Crippen LogP contribution in [-0.2, 0) is 0 Å². The Labute approximate surface area is 125 Å². The third-order valence-electron chi connectivity index (χ3n) is 3.23. The first-order valence-corrected chi connectivity index (χ1v) is 7.02. The lowest BCUT2D eigenvalue weighted by Gasteiger charge is -2.11. The van der Waals surface area contributed by atoms with E-state index < -0.39 is 0 Å². The first-order chi connectivity index (χ1) is 9.66.